The zero-order valence-electron chi connectivity index (χ0n) is 15.9. The number of nitrogens with one attached hydrogen (secondary N) is 2. The summed E-state index contributed by atoms with van der Waals surface area (Å²) < 4.78 is 5.53. The molecular weight excluding hydrogens is 366 g/mol. The van der Waals surface area contributed by atoms with Crippen LogP contribution in [-0.4, -0.2) is 55.5 Å². The topological polar surface area (TPSA) is 70.7 Å². The highest BCUT2D eigenvalue weighted by Gasteiger charge is 2.30. The second-order valence-electron chi connectivity index (χ2n) is 7.34. The van der Waals surface area contributed by atoms with E-state index in [0.29, 0.717) is 24.8 Å². The molecule has 1 aromatic rings. The number of nitrogens with zero attached hydrogens (tertiary/aromatic N) is 1. The number of hydrogen-bond acceptors (Lipinski definition) is 4. The highest BCUT2D eigenvalue weighted by molar-refractivity contribution is 5.85. The van der Waals surface area contributed by atoms with E-state index in [-0.39, 0.29) is 42.8 Å². The van der Waals surface area contributed by atoms with E-state index in [1.54, 1.807) is 4.90 Å². The van der Waals surface area contributed by atoms with Gasteiger partial charge in [0.25, 0.3) is 5.91 Å². The van der Waals surface area contributed by atoms with E-state index < -0.39 is 0 Å². The van der Waals surface area contributed by atoms with Gasteiger partial charge in [0, 0.05) is 31.6 Å². The summed E-state index contributed by atoms with van der Waals surface area (Å²) in [4.78, 5) is 26.6. The summed E-state index contributed by atoms with van der Waals surface area (Å²) in [7, 11) is 0. The molecule has 0 aliphatic carbocycles. The normalized spacial score (nSPS) is 23.2. The SMILES string of the molecule is CC1CCNCC1NC(=O)C1CCN(C(=O)COc2ccccc2)CC1.Cl. The summed E-state index contributed by atoms with van der Waals surface area (Å²) in [5.41, 5.74) is 0. The van der Waals surface area contributed by atoms with Crippen molar-refractivity contribution in [3.05, 3.63) is 30.3 Å². The Bertz CT molecular complexity index is 606. The Labute approximate surface area is 167 Å². The third-order valence-corrected chi connectivity index (χ3v) is 5.48. The van der Waals surface area contributed by atoms with Crippen molar-refractivity contribution < 1.29 is 14.3 Å². The fourth-order valence-electron chi connectivity index (χ4n) is 3.63. The molecule has 0 bridgehead atoms. The average molecular weight is 396 g/mol. The summed E-state index contributed by atoms with van der Waals surface area (Å²) in [6.07, 6.45) is 2.54. The van der Waals surface area contributed by atoms with Crippen LogP contribution in [0, 0.1) is 11.8 Å². The molecule has 0 aromatic heterocycles. The summed E-state index contributed by atoms with van der Waals surface area (Å²) in [6, 6.07) is 9.57. The number of benzene rings is 1. The van der Waals surface area contributed by atoms with Crippen LogP contribution < -0.4 is 15.4 Å². The van der Waals surface area contributed by atoms with Crippen molar-refractivity contribution in [2.75, 3.05) is 32.8 Å². The molecule has 2 aliphatic rings. The number of piperidine rings is 2. The zero-order valence-corrected chi connectivity index (χ0v) is 16.7. The van der Waals surface area contributed by atoms with E-state index in [4.69, 9.17) is 4.74 Å². The van der Waals surface area contributed by atoms with Gasteiger partial charge < -0.3 is 20.3 Å². The maximum atomic E-state index is 12.5. The number of hydrogen-bond donors (Lipinski definition) is 2. The first-order valence-corrected chi connectivity index (χ1v) is 9.60. The van der Waals surface area contributed by atoms with Crippen LogP contribution in [0.25, 0.3) is 0 Å². The lowest BCUT2D eigenvalue weighted by Gasteiger charge is -2.34. The number of ether oxygens (including phenoxy) is 1. The van der Waals surface area contributed by atoms with Crippen molar-refractivity contribution in [2.45, 2.75) is 32.2 Å². The number of para-hydroxylation sites is 1. The molecule has 1 aromatic carbocycles. The molecule has 150 valence electrons. The first-order chi connectivity index (χ1) is 12.6. The number of likely N-dealkylation sites (tertiary alicyclic amines) is 1. The van der Waals surface area contributed by atoms with Gasteiger partial charge in [-0.3, -0.25) is 9.59 Å². The molecule has 2 atom stereocenters. The van der Waals surface area contributed by atoms with Crippen LogP contribution in [0.4, 0.5) is 0 Å². The Hall–Kier alpha value is -1.79. The van der Waals surface area contributed by atoms with Crippen LogP contribution in [0.15, 0.2) is 30.3 Å². The molecule has 0 saturated carbocycles. The van der Waals surface area contributed by atoms with Crippen molar-refractivity contribution in [3.8, 4) is 5.75 Å². The molecule has 2 amide bonds. The largest absolute Gasteiger partial charge is 0.484 e. The lowest BCUT2D eigenvalue weighted by Crippen LogP contribution is -2.53. The Morgan fingerprint density at radius 2 is 1.89 bits per heavy atom. The van der Waals surface area contributed by atoms with E-state index in [1.807, 2.05) is 30.3 Å². The van der Waals surface area contributed by atoms with Gasteiger partial charge in [-0.15, -0.1) is 12.4 Å². The maximum Gasteiger partial charge on any atom is 0.260 e. The van der Waals surface area contributed by atoms with Crippen molar-refractivity contribution >= 4 is 24.2 Å². The van der Waals surface area contributed by atoms with Crippen molar-refractivity contribution in [3.63, 3.8) is 0 Å². The first-order valence-electron chi connectivity index (χ1n) is 9.60. The minimum absolute atomic E-state index is 0. The molecule has 0 radical (unpaired) electrons. The number of carbonyl (C=O) groups is 2. The lowest BCUT2D eigenvalue weighted by atomic mass is 9.92. The molecule has 2 fully saturated rings. The van der Waals surface area contributed by atoms with Crippen LogP contribution >= 0.6 is 12.4 Å². The van der Waals surface area contributed by atoms with E-state index in [1.165, 1.54) is 0 Å². The van der Waals surface area contributed by atoms with Gasteiger partial charge in [0.05, 0.1) is 0 Å². The molecule has 27 heavy (non-hydrogen) atoms. The van der Waals surface area contributed by atoms with Crippen LogP contribution in [0.5, 0.6) is 5.75 Å². The quantitative estimate of drug-likeness (QED) is 0.798. The van der Waals surface area contributed by atoms with Gasteiger partial charge in [0.15, 0.2) is 6.61 Å². The second-order valence-corrected chi connectivity index (χ2v) is 7.34. The highest BCUT2D eigenvalue weighted by Crippen LogP contribution is 2.19. The van der Waals surface area contributed by atoms with E-state index >= 15 is 0 Å². The summed E-state index contributed by atoms with van der Waals surface area (Å²) in [5.74, 6) is 1.33. The van der Waals surface area contributed by atoms with Crippen LogP contribution in [-0.2, 0) is 9.59 Å². The van der Waals surface area contributed by atoms with E-state index in [2.05, 4.69) is 17.6 Å². The van der Waals surface area contributed by atoms with Crippen LogP contribution in [0.2, 0.25) is 0 Å². The minimum atomic E-state index is -0.0159. The summed E-state index contributed by atoms with van der Waals surface area (Å²) in [5, 5.41) is 6.54. The fourth-order valence-corrected chi connectivity index (χ4v) is 3.63. The van der Waals surface area contributed by atoms with E-state index in [9.17, 15) is 9.59 Å². The van der Waals surface area contributed by atoms with Gasteiger partial charge in [-0.05, 0) is 43.9 Å². The van der Waals surface area contributed by atoms with Gasteiger partial charge in [0.1, 0.15) is 5.75 Å². The molecule has 2 N–H and O–H groups in total. The maximum absolute atomic E-state index is 12.5. The summed E-state index contributed by atoms with van der Waals surface area (Å²) >= 11 is 0. The smallest absolute Gasteiger partial charge is 0.260 e. The number of halogens is 1. The number of rotatable bonds is 5. The van der Waals surface area contributed by atoms with Gasteiger partial charge in [-0.1, -0.05) is 25.1 Å². The second kappa shape index (κ2) is 10.5. The number of carbonyl (C=O) groups excluding carboxylic acids is 2. The van der Waals surface area contributed by atoms with Gasteiger partial charge >= 0.3 is 0 Å². The molecule has 2 unspecified atom stereocenters. The number of amides is 2. The van der Waals surface area contributed by atoms with Crippen LogP contribution in [0.3, 0.4) is 0 Å². The molecule has 7 heteroatoms. The third-order valence-electron chi connectivity index (χ3n) is 5.48. The third kappa shape index (κ3) is 6.11. The monoisotopic (exact) mass is 395 g/mol. The molecule has 3 rings (SSSR count). The van der Waals surface area contributed by atoms with Crippen molar-refractivity contribution in [1.29, 1.82) is 0 Å². The highest BCUT2D eigenvalue weighted by atomic mass is 35.5. The van der Waals surface area contributed by atoms with E-state index in [0.717, 1.165) is 32.4 Å². The molecular formula is C20H30ClN3O3. The first kappa shape index (κ1) is 21.5. The molecule has 2 heterocycles. The standard InChI is InChI=1S/C20H29N3O3.ClH/c1-15-7-10-21-13-18(15)22-20(25)16-8-11-23(12-9-16)19(24)14-26-17-5-3-2-4-6-17;/h2-6,15-16,18,21H,7-14H2,1H3,(H,22,25);1H. The zero-order chi connectivity index (χ0) is 18.4. The summed E-state index contributed by atoms with van der Waals surface area (Å²) in [6.45, 7) is 5.35. The fraction of sp³-hybridized carbons (Fsp3) is 0.600. The van der Waals surface area contributed by atoms with Crippen LogP contribution in [0.1, 0.15) is 26.2 Å². The van der Waals surface area contributed by atoms with Gasteiger partial charge in [-0.2, -0.15) is 0 Å². The van der Waals surface area contributed by atoms with Crippen molar-refractivity contribution in [2.24, 2.45) is 11.8 Å². The minimum Gasteiger partial charge on any atom is -0.484 e. The molecule has 2 saturated heterocycles. The Morgan fingerprint density at radius 3 is 2.56 bits per heavy atom. The van der Waals surface area contributed by atoms with Gasteiger partial charge in [-0.25, -0.2) is 0 Å². The molecule has 0 spiro atoms. The average Bonchev–Trinajstić information content (AvgIpc) is 2.69. The molecule has 2 aliphatic heterocycles. The Balaban J connectivity index is 0.00000261. The predicted octanol–water partition coefficient (Wildman–Crippen LogP) is 1.84. The Kier molecular flexibility index (Phi) is 8.38. The Morgan fingerprint density at radius 1 is 1.19 bits per heavy atom. The lowest BCUT2D eigenvalue weighted by molar-refractivity contribution is -0.137. The molecule has 6 nitrogen and oxygen atoms in total. The van der Waals surface area contributed by atoms with Crippen molar-refractivity contribution in [1.82, 2.24) is 15.5 Å². The predicted molar refractivity (Wildman–Crippen MR) is 107 cm³/mol. The van der Waals surface area contributed by atoms with Gasteiger partial charge in [0.2, 0.25) is 5.91 Å².